The Bertz CT molecular complexity index is 817. The molecule has 0 bridgehead atoms. The number of ether oxygens (including phenoxy) is 7. The summed E-state index contributed by atoms with van der Waals surface area (Å²) in [6.45, 7) is 16.1. The lowest BCUT2D eigenvalue weighted by Gasteiger charge is -2.59. The Hall–Kier alpha value is 0.00688. The van der Waals surface area contributed by atoms with Gasteiger partial charge in [-0.1, -0.05) is 20.8 Å². The van der Waals surface area contributed by atoms with E-state index in [4.69, 9.17) is 46.6 Å². The van der Waals surface area contributed by atoms with Gasteiger partial charge in [-0.3, -0.25) is 4.57 Å². The van der Waals surface area contributed by atoms with Crippen molar-refractivity contribution in [3.63, 3.8) is 0 Å². The maximum atomic E-state index is 13.2. The van der Waals surface area contributed by atoms with Gasteiger partial charge in [-0.05, 0) is 38.9 Å². The highest BCUT2D eigenvalue weighted by Crippen LogP contribution is 2.54. The first kappa shape index (κ1) is 34.2. The third-order valence-electron chi connectivity index (χ3n) is 8.04. The first-order valence-corrected chi connectivity index (χ1v) is 17.4. The van der Waals surface area contributed by atoms with E-state index in [0.717, 1.165) is 0 Å². The Morgan fingerprint density at radius 2 is 1.53 bits per heavy atom. The Morgan fingerprint density at radius 3 is 2.00 bits per heavy atom. The van der Waals surface area contributed by atoms with Crippen molar-refractivity contribution in [2.24, 2.45) is 0 Å². The summed E-state index contributed by atoms with van der Waals surface area (Å²) in [4.78, 5) is 0. The molecular weight excluding hydrogens is 539 g/mol. The third-order valence-corrected chi connectivity index (χ3v) is 14.5. The Morgan fingerprint density at radius 1 is 0.974 bits per heavy atom. The van der Waals surface area contributed by atoms with Gasteiger partial charge >= 0.3 is 7.60 Å². The molecule has 7 atom stereocenters. The summed E-state index contributed by atoms with van der Waals surface area (Å²) in [7, 11) is -0.676. The topological polar surface area (TPSA) is 130 Å². The van der Waals surface area contributed by atoms with E-state index in [1.807, 2.05) is 6.92 Å². The lowest BCUT2D eigenvalue weighted by molar-refractivity contribution is -0.498. The summed E-state index contributed by atoms with van der Waals surface area (Å²) >= 11 is 0. The average molecular weight is 589 g/mol. The van der Waals surface area contributed by atoms with Gasteiger partial charge < -0.3 is 51.7 Å². The second-order valence-electron chi connectivity index (χ2n) is 11.4. The van der Waals surface area contributed by atoms with Gasteiger partial charge in [0.2, 0.25) is 17.4 Å². The summed E-state index contributed by atoms with van der Waals surface area (Å²) in [6.07, 6.45) is -4.45. The molecule has 0 radical (unpaired) electrons. The average Bonchev–Trinajstić information content (AvgIpc) is 2.84. The molecule has 0 aromatic rings. The van der Waals surface area contributed by atoms with Gasteiger partial charge in [0.1, 0.15) is 37.4 Å². The van der Waals surface area contributed by atoms with E-state index in [0.29, 0.717) is 6.61 Å². The number of aliphatic hydroxyl groups is 1. The fourth-order valence-electron chi connectivity index (χ4n) is 4.16. The van der Waals surface area contributed by atoms with Crippen molar-refractivity contribution in [2.75, 3.05) is 54.6 Å². The molecule has 2 aliphatic rings. The van der Waals surface area contributed by atoms with Gasteiger partial charge in [-0.25, -0.2) is 0 Å². The van der Waals surface area contributed by atoms with E-state index >= 15 is 0 Å². The van der Waals surface area contributed by atoms with Crippen molar-refractivity contribution in [3.8, 4) is 0 Å². The predicted molar refractivity (Wildman–Crippen MR) is 141 cm³/mol. The molecule has 0 spiro atoms. The summed E-state index contributed by atoms with van der Waals surface area (Å²) < 4.78 is 72.0. The lowest BCUT2D eigenvalue weighted by atomic mass is 9.89. The number of hydrogen-bond acceptors (Lipinski definition) is 12. The van der Waals surface area contributed by atoms with Crippen molar-refractivity contribution >= 4 is 15.9 Å². The van der Waals surface area contributed by atoms with E-state index in [1.54, 1.807) is 13.8 Å². The van der Waals surface area contributed by atoms with E-state index in [-0.39, 0.29) is 18.4 Å². The Labute approximate surface area is 228 Å². The molecule has 0 saturated carbocycles. The van der Waals surface area contributed by atoms with Crippen LogP contribution in [0.15, 0.2) is 0 Å². The predicted octanol–water partition coefficient (Wildman–Crippen LogP) is 3.47. The third kappa shape index (κ3) is 6.89. The van der Waals surface area contributed by atoms with Crippen LogP contribution in [0.2, 0.25) is 18.1 Å². The molecule has 2 rings (SSSR count). The standard InChI is InChI=1S/C24H49O12PSi/c1-13-31-16-32-18-17(14-33-38(11,12)21(2,3)4)34-24(25,15-37(26,29-9)30-10)20-19(18)35-22(5,27-7)23(6,28-8)36-20/h17-20,25H,13-16H2,1-12H3/t17-,18-,19+,20-,22-,23-,24?/m1/s1. The van der Waals surface area contributed by atoms with Crippen molar-refractivity contribution in [2.45, 2.75) is 101 Å². The molecule has 0 aliphatic carbocycles. The van der Waals surface area contributed by atoms with Gasteiger partial charge in [0, 0.05) is 35.0 Å². The monoisotopic (exact) mass is 588 g/mol. The van der Waals surface area contributed by atoms with Crippen LogP contribution in [0, 0.1) is 0 Å². The van der Waals surface area contributed by atoms with Crippen molar-refractivity contribution in [3.05, 3.63) is 0 Å². The molecule has 1 unspecified atom stereocenters. The van der Waals surface area contributed by atoms with Crippen molar-refractivity contribution in [1.82, 2.24) is 0 Å². The van der Waals surface area contributed by atoms with Gasteiger partial charge in [0.15, 0.2) is 8.32 Å². The van der Waals surface area contributed by atoms with Gasteiger partial charge in [-0.15, -0.1) is 0 Å². The second kappa shape index (κ2) is 12.5. The molecule has 2 aliphatic heterocycles. The summed E-state index contributed by atoms with van der Waals surface area (Å²) in [5.41, 5.74) is 0. The lowest BCUT2D eigenvalue weighted by Crippen LogP contribution is -2.77. The largest absolute Gasteiger partial charge is 0.414 e. The number of methoxy groups -OCH3 is 2. The smallest absolute Gasteiger partial charge is 0.335 e. The summed E-state index contributed by atoms with van der Waals surface area (Å²) in [5, 5.41) is 11.9. The SMILES string of the molecule is CCOCO[C@H]1[C@@H]2O[C@@](C)(OC)[C@](C)(OC)O[C@H]2C(O)(CP(=O)(OC)OC)O[C@@H]1CO[Si](C)(C)C(C)(C)C. The first-order chi connectivity index (χ1) is 17.4. The Balaban J connectivity index is 2.59. The molecule has 12 nitrogen and oxygen atoms in total. The fraction of sp³-hybridized carbons (Fsp3) is 1.00. The molecule has 0 amide bonds. The van der Waals surface area contributed by atoms with E-state index in [1.165, 1.54) is 28.4 Å². The highest BCUT2D eigenvalue weighted by atomic mass is 31.2. The molecule has 0 aromatic heterocycles. The normalized spacial score (nSPS) is 36.8. The fourth-order valence-corrected chi connectivity index (χ4v) is 6.39. The van der Waals surface area contributed by atoms with Crippen LogP contribution in [0.5, 0.6) is 0 Å². The molecule has 226 valence electrons. The molecule has 2 saturated heterocycles. The minimum atomic E-state index is -3.80. The van der Waals surface area contributed by atoms with Crippen molar-refractivity contribution < 1.29 is 56.3 Å². The van der Waals surface area contributed by atoms with Crippen molar-refractivity contribution in [1.29, 1.82) is 0 Å². The van der Waals surface area contributed by atoms with Crippen LogP contribution in [0.3, 0.4) is 0 Å². The number of fused-ring (bicyclic) bond motifs is 1. The summed E-state index contributed by atoms with van der Waals surface area (Å²) in [5.74, 6) is -5.10. The molecule has 2 fully saturated rings. The van der Waals surface area contributed by atoms with Crippen LogP contribution in [0.25, 0.3) is 0 Å². The highest BCUT2D eigenvalue weighted by Gasteiger charge is 2.68. The first-order valence-electron chi connectivity index (χ1n) is 12.8. The van der Waals surface area contributed by atoms with Crippen LogP contribution in [0.4, 0.5) is 0 Å². The second-order valence-corrected chi connectivity index (χ2v) is 18.4. The van der Waals surface area contributed by atoms with Crippen LogP contribution in [0.1, 0.15) is 41.5 Å². The maximum Gasteiger partial charge on any atom is 0.335 e. The summed E-state index contributed by atoms with van der Waals surface area (Å²) in [6, 6.07) is 0. The number of hydrogen-bond donors (Lipinski definition) is 1. The van der Waals surface area contributed by atoms with Crippen LogP contribution in [-0.4, -0.2) is 110 Å². The highest BCUT2D eigenvalue weighted by molar-refractivity contribution is 7.53. The zero-order chi connectivity index (χ0) is 29.2. The number of rotatable bonds is 13. The van der Waals surface area contributed by atoms with Crippen LogP contribution < -0.4 is 0 Å². The molecule has 14 heteroatoms. The van der Waals surface area contributed by atoms with E-state index in [9.17, 15) is 9.67 Å². The maximum absolute atomic E-state index is 13.2. The zero-order valence-electron chi connectivity index (χ0n) is 25.0. The molecule has 38 heavy (non-hydrogen) atoms. The van der Waals surface area contributed by atoms with Gasteiger partial charge in [0.25, 0.3) is 0 Å². The quantitative estimate of drug-likeness (QED) is 0.146. The van der Waals surface area contributed by atoms with Gasteiger partial charge in [0.05, 0.1) is 6.61 Å². The van der Waals surface area contributed by atoms with Gasteiger partial charge in [-0.2, -0.15) is 0 Å². The molecule has 2 heterocycles. The van der Waals surface area contributed by atoms with E-state index in [2.05, 4.69) is 33.9 Å². The molecule has 1 N–H and O–H groups in total. The minimum absolute atomic E-state index is 0.0635. The molecular formula is C24H49O12PSi. The van der Waals surface area contributed by atoms with E-state index < -0.39 is 63.9 Å². The molecule has 0 aromatic carbocycles. The van der Waals surface area contributed by atoms with Crippen LogP contribution in [-0.2, 0) is 51.2 Å². The Kier molecular flexibility index (Phi) is 11.2. The van der Waals surface area contributed by atoms with Crippen LogP contribution >= 0.6 is 7.60 Å². The zero-order valence-corrected chi connectivity index (χ0v) is 26.9. The minimum Gasteiger partial charge on any atom is -0.414 e.